The molecule has 0 amide bonds. The lowest BCUT2D eigenvalue weighted by atomic mass is 10.0. The molecule has 0 aromatic carbocycles. The summed E-state index contributed by atoms with van der Waals surface area (Å²) < 4.78 is 3.18. The van der Waals surface area contributed by atoms with Crippen LogP contribution in [0.15, 0.2) is 0 Å². The summed E-state index contributed by atoms with van der Waals surface area (Å²) in [6, 6.07) is 0.823. The quantitative estimate of drug-likeness (QED) is 0.611. The molecule has 14 heavy (non-hydrogen) atoms. The molecule has 0 aromatic heterocycles. The third-order valence-electron chi connectivity index (χ3n) is 3.20. The van der Waals surface area contributed by atoms with Crippen LogP contribution < -0.4 is 3.53 Å². The Bertz CT molecular complexity index is 146. The van der Waals surface area contributed by atoms with Gasteiger partial charge in [0.25, 0.3) is 0 Å². The van der Waals surface area contributed by atoms with Crippen molar-refractivity contribution in [2.24, 2.45) is 0 Å². The van der Waals surface area contributed by atoms with Crippen molar-refractivity contribution in [2.75, 3.05) is 39.8 Å². The average Bonchev–Trinajstić information content (AvgIpc) is 2.26. The Kier molecular flexibility index (Phi) is 6.32. The highest BCUT2D eigenvalue weighted by Crippen LogP contribution is 2.14. The van der Waals surface area contributed by atoms with E-state index in [0.29, 0.717) is 0 Å². The maximum atomic E-state index is 3.18. The van der Waals surface area contributed by atoms with Gasteiger partial charge in [-0.2, -0.15) is 0 Å². The van der Waals surface area contributed by atoms with E-state index in [1.807, 2.05) is 0 Å². The Balaban J connectivity index is 2.17. The summed E-state index contributed by atoms with van der Waals surface area (Å²) in [5, 5.41) is 0. The molecule has 84 valence electrons. The van der Waals surface area contributed by atoms with Gasteiger partial charge in [-0.3, -0.25) is 3.53 Å². The van der Waals surface area contributed by atoms with E-state index < -0.39 is 0 Å². The summed E-state index contributed by atoms with van der Waals surface area (Å²) in [5.74, 6) is 0. The van der Waals surface area contributed by atoms with Gasteiger partial charge in [-0.15, -0.1) is 0 Å². The first-order valence-electron chi connectivity index (χ1n) is 5.54. The minimum Gasteiger partial charge on any atom is -0.304 e. The van der Waals surface area contributed by atoms with E-state index in [2.05, 4.69) is 50.2 Å². The molecular formula is C10H22IN3. The minimum atomic E-state index is 0.823. The predicted molar refractivity (Wildman–Crippen MR) is 69.8 cm³/mol. The molecule has 3 nitrogen and oxygen atoms in total. The van der Waals surface area contributed by atoms with E-state index in [9.17, 15) is 0 Å². The van der Waals surface area contributed by atoms with E-state index in [4.69, 9.17) is 0 Å². The lowest BCUT2D eigenvalue weighted by molar-refractivity contribution is 0.134. The van der Waals surface area contributed by atoms with Gasteiger partial charge in [0.05, 0.1) is 0 Å². The summed E-state index contributed by atoms with van der Waals surface area (Å²) in [7, 11) is 2.24. The van der Waals surface area contributed by atoms with Gasteiger partial charge in [-0.25, -0.2) is 0 Å². The van der Waals surface area contributed by atoms with Gasteiger partial charge >= 0.3 is 0 Å². The summed E-state index contributed by atoms with van der Waals surface area (Å²) in [4.78, 5) is 5.04. The van der Waals surface area contributed by atoms with Crippen molar-refractivity contribution in [1.29, 1.82) is 0 Å². The monoisotopic (exact) mass is 311 g/mol. The van der Waals surface area contributed by atoms with Gasteiger partial charge in [0.15, 0.2) is 0 Å². The molecule has 0 atom stereocenters. The average molecular weight is 311 g/mol. The molecule has 1 aliphatic heterocycles. The van der Waals surface area contributed by atoms with Crippen molar-refractivity contribution in [1.82, 2.24) is 13.3 Å². The van der Waals surface area contributed by atoms with Crippen LogP contribution in [0.2, 0.25) is 0 Å². The molecule has 1 fully saturated rings. The maximum absolute atomic E-state index is 3.18. The maximum Gasteiger partial charge on any atom is 0.0178 e. The van der Waals surface area contributed by atoms with Crippen LogP contribution in [0.25, 0.3) is 0 Å². The fourth-order valence-electron chi connectivity index (χ4n) is 2.04. The third-order valence-corrected chi connectivity index (χ3v) is 3.74. The normalized spacial score (nSPS) is 20.6. The molecule has 0 unspecified atom stereocenters. The number of hydrogen-bond donors (Lipinski definition) is 1. The standard InChI is InChI=1S/C10H22IN3/c1-3-13(2)10-4-7-14(8-5-10)9-6-12-11/h10,12H,3-9H2,1-2H3. The molecule has 0 radical (unpaired) electrons. The zero-order valence-corrected chi connectivity index (χ0v) is 11.5. The van der Waals surface area contributed by atoms with Crippen molar-refractivity contribution in [2.45, 2.75) is 25.8 Å². The Labute approximate surface area is 102 Å². The minimum absolute atomic E-state index is 0.823. The molecule has 1 N–H and O–H groups in total. The van der Waals surface area contributed by atoms with Gasteiger partial charge in [0, 0.05) is 42.0 Å². The van der Waals surface area contributed by atoms with E-state index in [-0.39, 0.29) is 0 Å². The molecule has 0 spiro atoms. The fourth-order valence-corrected chi connectivity index (χ4v) is 2.28. The molecule has 1 saturated heterocycles. The molecule has 1 aliphatic rings. The van der Waals surface area contributed by atoms with Gasteiger partial charge in [-0.1, -0.05) is 6.92 Å². The first-order valence-corrected chi connectivity index (χ1v) is 6.62. The Morgan fingerprint density at radius 2 is 2.07 bits per heavy atom. The van der Waals surface area contributed by atoms with Gasteiger partial charge in [-0.05, 0) is 39.5 Å². The highest BCUT2D eigenvalue weighted by atomic mass is 127. The fraction of sp³-hybridized carbons (Fsp3) is 1.00. The first-order chi connectivity index (χ1) is 6.77. The number of rotatable bonds is 5. The van der Waals surface area contributed by atoms with Crippen LogP contribution in [0.1, 0.15) is 19.8 Å². The highest BCUT2D eigenvalue weighted by molar-refractivity contribution is 14.1. The topological polar surface area (TPSA) is 18.5 Å². The van der Waals surface area contributed by atoms with Gasteiger partial charge < -0.3 is 9.80 Å². The number of halogens is 1. The summed E-state index contributed by atoms with van der Waals surface area (Å²) in [6.45, 7) is 8.27. The second kappa shape index (κ2) is 6.98. The number of hydrogen-bond acceptors (Lipinski definition) is 3. The molecule has 1 rings (SSSR count). The predicted octanol–water partition coefficient (Wildman–Crippen LogP) is 1.34. The lowest BCUT2D eigenvalue weighted by Gasteiger charge is -2.36. The Morgan fingerprint density at radius 3 is 2.57 bits per heavy atom. The van der Waals surface area contributed by atoms with Crippen molar-refractivity contribution >= 4 is 22.9 Å². The zero-order chi connectivity index (χ0) is 10.4. The van der Waals surface area contributed by atoms with Crippen LogP contribution in [-0.4, -0.2) is 55.6 Å². The molecule has 0 aromatic rings. The third kappa shape index (κ3) is 4.00. The van der Waals surface area contributed by atoms with Crippen LogP contribution in [0.5, 0.6) is 0 Å². The highest BCUT2D eigenvalue weighted by Gasteiger charge is 2.20. The smallest absolute Gasteiger partial charge is 0.0178 e. The van der Waals surface area contributed by atoms with Gasteiger partial charge in [0.1, 0.15) is 0 Å². The zero-order valence-electron chi connectivity index (χ0n) is 9.30. The van der Waals surface area contributed by atoms with E-state index >= 15 is 0 Å². The number of nitrogens with one attached hydrogen (secondary N) is 1. The van der Waals surface area contributed by atoms with Crippen LogP contribution in [-0.2, 0) is 0 Å². The van der Waals surface area contributed by atoms with E-state index in [0.717, 1.165) is 12.6 Å². The number of likely N-dealkylation sites (tertiary alicyclic amines) is 1. The van der Waals surface area contributed by atoms with E-state index in [1.54, 1.807) is 0 Å². The molecule has 0 bridgehead atoms. The second-order valence-corrected chi connectivity index (χ2v) is 4.79. The molecule has 0 saturated carbocycles. The second-order valence-electron chi connectivity index (χ2n) is 4.03. The number of piperidine rings is 1. The van der Waals surface area contributed by atoms with Crippen LogP contribution in [0.4, 0.5) is 0 Å². The molecule has 1 heterocycles. The SMILES string of the molecule is CCN(C)C1CCN(CCNI)CC1. The van der Waals surface area contributed by atoms with Crippen LogP contribution in [0, 0.1) is 0 Å². The summed E-state index contributed by atoms with van der Waals surface area (Å²) in [6.07, 6.45) is 2.68. The largest absolute Gasteiger partial charge is 0.304 e. The molecule has 4 heteroatoms. The van der Waals surface area contributed by atoms with Crippen molar-refractivity contribution in [3.63, 3.8) is 0 Å². The summed E-state index contributed by atoms with van der Waals surface area (Å²) in [5.41, 5.74) is 0. The van der Waals surface area contributed by atoms with Gasteiger partial charge in [0.2, 0.25) is 0 Å². The van der Waals surface area contributed by atoms with Crippen molar-refractivity contribution in [3.05, 3.63) is 0 Å². The first kappa shape index (κ1) is 12.7. The molecular weight excluding hydrogens is 289 g/mol. The van der Waals surface area contributed by atoms with Crippen LogP contribution in [0.3, 0.4) is 0 Å². The van der Waals surface area contributed by atoms with Crippen molar-refractivity contribution in [3.8, 4) is 0 Å². The lowest BCUT2D eigenvalue weighted by Crippen LogP contribution is -2.44. The summed E-state index contributed by atoms with van der Waals surface area (Å²) >= 11 is 2.22. The number of nitrogens with zero attached hydrogens (tertiary/aromatic N) is 2. The molecule has 0 aliphatic carbocycles. The Morgan fingerprint density at radius 1 is 1.43 bits per heavy atom. The van der Waals surface area contributed by atoms with E-state index in [1.165, 1.54) is 39.0 Å². The van der Waals surface area contributed by atoms with Crippen molar-refractivity contribution < 1.29 is 0 Å². The Hall–Kier alpha value is 0.610. The van der Waals surface area contributed by atoms with Crippen LogP contribution >= 0.6 is 22.9 Å².